The van der Waals surface area contributed by atoms with Crippen molar-refractivity contribution >= 4 is 28.9 Å². The van der Waals surface area contributed by atoms with E-state index in [0.717, 1.165) is 55.4 Å². The van der Waals surface area contributed by atoms with Crippen molar-refractivity contribution < 1.29 is 14.8 Å². The van der Waals surface area contributed by atoms with Crippen LogP contribution in [-0.4, -0.2) is 62.8 Å². The van der Waals surface area contributed by atoms with Gasteiger partial charge in [0.1, 0.15) is 0 Å². The third-order valence-corrected chi connectivity index (χ3v) is 7.12. The average Bonchev–Trinajstić information content (AvgIpc) is 3.05. The minimum absolute atomic E-state index is 0. The maximum absolute atomic E-state index is 13.1. The molecule has 1 saturated heterocycles. The number of carbonyl (C=O) groups excluding carboxylic acids is 1. The molecular formula is C22H34N4O3S. The Morgan fingerprint density at radius 3 is 2.70 bits per heavy atom. The first-order chi connectivity index (χ1) is 14.0. The van der Waals surface area contributed by atoms with Crippen molar-refractivity contribution in [2.45, 2.75) is 47.1 Å². The number of aromatic nitrogens is 1. The van der Waals surface area contributed by atoms with Gasteiger partial charge >= 0.3 is 0 Å². The largest absolute Gasteiger partial charge is 0.339 e. The van der Waals surface area contributed by atoms with Gasteiger partial charge in [-0.05, 0) is 49.4 Å². The van der Waals surface area contributed by atoms with Crippen molar-refractivity contribution in [1.82, 2.24) is 18.4 Å². The quantitative estimate of drug-likeness (QED) is 0.562. The first kappa shape index (κ1) is 23.1. The van der Waals surface area contributed by atoms with Gasteiger partial charge in [0.05, 0.1) is 31.3 Å². The molecule has 1 fully saturated rings. The first-order valence-corrected chi connectivity index (χ1v) is 11.1. The van der Waals surface area contributed by atoms with E-state index in [1.54, 1.807) is 7.11 Å². The van der Waals surface area contributed by atoms with Gasteiger partial charge in [0.25, 0.3) is 5.91 Å². The topological polar surface area (TPSA) is 61.2 Å². The smallest absolute Gasteiger partial charge is 0.253 e. The molecule has 0 unspecified atom stereocenters. The molecule has 2 aliphatic heterocycles. The molecule has 166 valence electrons. The molecule has 1 aromatic carbocycles. The van der Waals surface area contributed by atoms with E-state index in [2.05, 4.69) is 10.9 Å². The zero-order valence-electron chi connectivity index (χ0n) is 17.4. The Kier molecular flexibility index (Phi) is 7.47. The average molecular weight is 435 g/mol. The fourth-order valence-corrected chi connectivity index (χ4v) is 5.07. The third-order valence-electron chi connectivity index (χ3n) is 6.09. The lowest BCUT2D eigenvalue weighted by Gasteiger charge is -2.30. The lowest BCUT2D eigenvalue weighted by Crippen LogP contribution is -2.37. The van der Waals surface area contributed by atoms with Gasteiger partial charge < -0.3 is 14.9 Å². The molecule has 0 bridgehead atoms. The fraction of sp³-hybridized carbons (Fsp3) is 0.591. The minimum Gasteiger partial charge on any atom is -0.339 e. The second-order valence-electron chi connectivity index (χ2n) is 7.97. The van der Waals surface area contributed by atoms with Crippen LogP contribution in [0.3, 0.4) is 0 Å². The molecule has 1 N–H and O–H groups in total. The van der Waals surface area contributed by atoms with Crippen LogP contribution in [0, 0.1) is 5.92 Å². The minimum atomic E-state index is 0. The van der Waals surface area contributed by atoms with Crippen LogP contribution >= 0.6 is 12.1 Å². The predicted octanol–water partition coefficient (Wildman–Crippen LogP) is 4.19. The highest BCUT2D eigenvalue weighted by molar-refractivity contribution is 7.95. The lowest BCUT2D eigenvalue weighted by atomic mass is 9.98. The Labute approximate surface area is 183 Å². The molecule has 7 nitrogen and oxygen atoms in total. The van der Waals surface area contributed by atoms with Crippen LogP contribution < -0.4 is 0 Å². The number of hydrogen-bond donors (Lipinski definition) is 1. The van der Waals surface area contributed by atoms with Crippen molar-refractivity contribution in [2.24, 2.45) is 5.92 Å². The molecule has 4 rings (SSSR count). The number of nitrogens with zero attached hydrogens (tertiary/aromatic N) is 4. The molecule has 0 spiro atoms. The van der Waals surface area contributed by atoms with E-state index in [1.165, 1.54) is 27.9 Å². The number of carbonyl (C=O) groups is 1. The number of fused-ring (bicyclic) bond motifs is 3. The Hall–Kier alpha value is -1.58. The van der Waals surface area contributed by atoms with Gasteiger partial charge in [-0.3, -0.25) is 8.77 Å². The number of amides is 1. The van der Waals surface area contributed by atoms with Crippen molar-refractivity contribution in [3.8, 4) is 0 Å². The molecular weight excluding hydrogens is 400 g/mol. The van der Waals surface area contributed by atoms with Crippen LogP contribution in [0.1, 0.15) is 55.7 Å². The van der Waals surface area contributed by atoms with Gasteiger partial charge in [-0.2, -0.15) is 5.06 Å². The van der Waals surface area contributed by atoms with E-state index in [4.69, 9.17) is 4.84 Å². The van der Waals surface area contributed by atoms with E-state index in [9.17, 15) is 10.0 Å². The van der Waals surface area contributed by atoms with Crippen LogP contribution in [-0.2, 0) is 17.8 Å². The molecule has 0 aliphatic carbocycles. The highest BCUT2D eigenvalue weighted by Crippen LogP contribution is 2.35. The Balaban J connectivity index is 0.00000256. The molecule has 2 aliphatic rings. The summed E-state index contributed by atoms with van der Waals surface area (Å²) < 4.78 is 3.33. The Morgan fingerprint density at radius 1 is 1.30 bits per heavy atom. The first-order valence-electron chi connectivity index (χ1n) is 10.4. The molecule has 2 aromatic rings. The molecule has 1 amide bonds. The Bertz CT molecular complexity index is 892. The van der Waals surface area contributed by atoms with E-state index in [0.29, 0.717) is 19.0 Å². The molecule has 8 heteroatoms. The number of hydrogen-bond acceptors (Lipinski definition) is 6. The second kappa shape index (κ2) is 9.70. The highest BCUT2D eigenvalue weighted by Gasteiger charge is 2.27. The van der Waals surface area contributed by atoms with Crippen molar-refractivity contribution in [3.05, 3.63) is 35.0 Å². The molecule has 0 atom stereocenters. The second-order valence-corrected chi connectivity index (χ2v) is 8.92. The normalized spacial score (nSPS) is 18.0. The van der Waals surface area contributed by atoms with Crippen LogP contribution in [0.4, 0.5) is 0 Å². The summed E-state index contributed by atoms with van der Waals surface area (Å²) in [4.78, 5) is 20.6. The van der Waals surface area contributed by atoms with Crippen LogP contribution in [0.25, 0.3) is 10.9 Å². The number of likely N-dealkylation sites (tertiary alicyclic amines) is 1. The molecule has 0 radical (unpaired) electrons. The van der Waals surface area contributed by atoms with Crippen molar-refractivity contribution in [3.63, 3.8) is 0 Å². The summed E-state index contributed by atoms with van der Waals surface area (Å²) in [7, 11) is 1.69. The van der Waals surface area contributed by atoms with E-state index < -0.39 is 0 Å². The maximum Gasteiger partial charge on any atom is 0.253 e. The summed E-state index contributed by atoms with van der Waals surface area (Å²) >= 11 is 1.30. The van der Waals surface area contributed by atoms with Crippen molar-refractivity contribution in [2.75, 3.05) is 33.3 Å². The summed E-state index contributed by atoms with van der Waals surface area (Å²) in [6, 6.07) is 5.96. The van der Waals surface area contributed by atoms with Gasteiger partial charge in [0, 0.05) is 49.2 Å². The zero-order chi connectivity index (χ0) is 20.5. The van der Waals surface area contributed by atoms with Crippen molar-refractivity contribution in [1.29, 1.82) is 0 Å². The molecule has 1 aromatic heterocycles. The van der Waals surface area contributed by atoms with Crippen LogP contribution in [0.15, 0.2) is 18.2 Å². The summed E-state index contributed by atoms with van der Waals surface area (Å²) in [6.07, 6.45) is 2.97. The number of hydroxylamine groups is 3. The zero-order valence-corrected chi connectivity index (χ0v) is 18.2. The summed E-state index contributed by atoms with van der Waals surface area (Å²) in [5.74, 6) is 0.810. The molecule has 0 saturated carbocycles. The standard InChI is InChI=1S/C21H30N4O3S.CH4/c1-4-24(27)29-25-19-6-5-16(21(26)22-10-7-15(2)8-11-22)13-17(19)18-14-23(28-3)12-9-20(18)25;/h5-6,13,15,27H,4,7-12,14H2,1-3H3;1H4. The summed E-state index contributed by atoms with van der Waals surface area (Å²) in [5, 5.41) is 13.1. The SMILES string of the molecule is C.CCN(O)Sn1c2c(c3cc(C(=O)N4CCC(C)CC4)ccc31)CN(OC)CC2. The fourth-order valence-electron chi connectivity index (χ4n) is 4.22. The monoisotopic (exact) mass is 434 g/mol. The number of rotatable bonds is 5. The van der Waals surface area contributed by atoms with Gasteiger partial charge in [0.15, 0.2) is 0 Å². The summed E-state index contributed by atoms with van der Waals surface area (Å²) in [6.45, 7) is 7.83. The van der Waals surface area contributed by atoms with Crippen LogP contribution in [0.5, 0.6) is 0 Å². The van der Waals surface area contributed by atoms with E-state index >= 15 is 0 Å². The molecule has 30 heavy (non-hydrogen) atoms. The predicted molar refractivity (Wildman–Crippen MR) is 121 cm³/mol. The molecule has 3 heterocycles. The number of benzene rings is 1. The van der Waals surface area contributed by atoms with Gasteiger partial charge in [-0.25, -0.2) is 0 Å². The Morgan fingerprint density at radius 2 is 2.03 bits per heavy atom. The van der Waals surface area contributed by atoms with Gasteiger partial charge in [0.2, 0.25) is 0 Å². The van der Waals surface area contributed by atoms with E-state index in [-0.39, 0.29) is 13.3 Å². The third kappa shape index (κ3) is 4.38. The summed E-state index contributed by atoms with van der Waals surface area (Å²) in [5.41, 5.74) is 4.12. The maximum atomic E-state index is 13.1. The number of piperidine rings is 1. The van der Waals surface area contributed by atoms with Crippen LogP contribution in [0.2, 0.25) is 0 Å². The highest BCUT2D eigenvalue weighted by atomic mass is 32.2. The lowest BCUT2D eigenvalue weighted by molar-refractivity contribution is -0.141. The van der Waals surface area contributed by atoms with Gasteiger partial charge in [-0.15, -0.1) is 4.47 Å². The van der Waals surface area contributed by atoms with Gasteiger partial charge in [-0.1, -0.05) is 14.4 Å². The van der Waals surface area contributed by atoms with E-state index in [1.807, 2.05) is 35.1 Å².